The fraction of sp³-hybridized carbons (Fsp3) is 0.412. The van der Waals surface area contributed by atoms with Gasteiger partial charge in [0.15, 0.2) is 0 Å². The molecule has 0 amide bonds. The van der Waals surface area contributed by atoms with Gasteiger partial charge in [0, 0.05) is 6.04 Å². The first-order chi connectivity index (χ1) is 9.76. The van der Waals surface area contributed by atoms with Gasteiger partial charge in [0.1, 0.15) is 5.75 Å². The van der Waals surface area contributed by atoms with Crippen LogP contribution in [0.1, 0.15) is 35.4 Å². The third kappa shape index (κ3) is 3.62. The third-order valence-electron chi connectivity index (χ3n) is 3.52. The Morgan fingerprint density at radius 1 is 1.25 bits per heavy atom. The second kappa shape index (κ2) is 7.46. The van der Waals surface area contributed by atoms with Gasteiger partial charge in [0.2, 0.25) is 0 Å². The van der Waals surface area contributed by atoms with Crippen molar-refractivity contribution in [2.45, 2.75) is 32.7 Å². The molecule has 1 N–H and O–H groups in total. The van der Waals surface area contributed by atoms with Gasteiger partial charge < -0.3 is 10.1 Å². The Morgan fingerprint density at radius 3 is 2.75 bits per heavy atom. The van der Waals surface area contributed by atoms with Crippen molar-refractivity contribution >= 4 is 11.3 Å². The molecule has 3 heteroatoms. The van der Waals surface area contributed by atoms with Gasteiger partial charge in [-0.2, -0.15) is 0 Å². The van der Waals surface area contributed by atoms with E-state index in [-0.39, 0.29) is 0 Å². The summed E-state index contributed by atoms with van der Waals surface area (Å²) in [6.07, 6.45) is 2.14. The van der Waals surface area contributed by atoms with Crippen molar-refractivity contribution in [3.8, 4) is 5.75 Å². The van der Waals surface area contributed by atoms with Crippen molar-refractivity contribution in [1.29, 1.82) is 0 Å². The zero-order chi connectivity index (χ0) is 14.4. The average Bonchev–Trinajstić information content (AvgIpc) is 2.93. The first-order valence-electron chi connectivity index (χ1n) is 7.15. The topological polar surface area (TPSA) is 21.3 Å². The van der Waals surface area contributed by atoms with Crippen LogP contribution >= 0.6 is 11.3 Å². The molecule has 2 nitrogen and oxygen atoms in total. The third-order valence-corrected chi connectivity index (χ3v) is 4.53. The Morgan fingerprint density at radius 2 is 2.05 bits per heavy atom. The number of benzene rings is 1. The number of hydrogen-bond acceptors (Lipinski definition) is 3. The van der Waals surface area contributed by atoms with E-state index in [1.807, 2.05) is 0 Å². The molecule has 0 spiro atoms. The van der Waals surface area contributed by atoms with Crippen LogP contribution in [0.15, 0.2) is 35.7 Å². The molecular weight excluding hydrogens is 266 g/mol. The van der Waals surface area contributed by atoms with Crippen LogP contribution < -0.4 is 10.1 Å². The highest BCUT2D eigenvalue weighted by Gasteiger charge is 2.18. The normalized spacial score (nSPS) is 12.3. The van der Waals surface area contributed by atoms with E-state index in [1.165, 1.54) is 16.0 Å². The lowest BCUT2D eigenvalue weighted by atomic mass is 10.00. The van der Waals surface area contributed by atoms with E-state index < -0.39 is 0 Å². The van der Waals surface area contributed by atoms with Gasteiger partial charge in [-0.25, -0.2) is 0 Å². The van der Waals surface area contributed by atoms with Crippen molar-refractivity contribution in [2.75, 3.05) is 13.7 Å². The summed E-state index contributed by atoms with van der Waals surface area (Å²) in [6.45, 7) is 5.40. The fourth-order valence-corrected chi connectivity index (χ4v) is 3.30. The van der Waals surface area contributed by atoms with E-state index >= 15 is 0 Å². The van der Waals surface area contributed by atoms with Gasteiger partial charge in [0.05, 0.1) is 12.0 Å². The molecule has 0 saturated carbocycles. The lowest BCUT2D eigenvalue weighted by Crippen LogP contribution is -2.24. The van der Waals surface area contributed by atoms with E-state index in [2.05, 4.69) is 54.9 Å². The molecule has 108 valence electrons. The monoisotopic (exact) mass is 289 g/mol. The second-order valence-electron chi connectivity index (χ2n) is 4.99. The molecule has 20 heavy (non-hydrogen) atoms. The lowest BCUT2D eigenvalue weighted by Gasteiger charge is -2.19. The van der Waals surface area contributed by atoms with Crippen LogP contribution in [-0.2, 0) is 6.42 Å². The summed E-state index contributed by atoms with van der Waals surface area (Å²) in [5, 5.41) is 5.76. The number of thiophene rings is 1. The largest absolute Gasteiger partial charge is 0.496 e. The molecule has 0 radical (unpaired) electrons. The SMILES string of the molecule is CCCNC(Cc1ccccc1C)c1sccc1OC. The van der Waals surface area contributed by atoms with E-state index in [4.69, 9.17) is 4.74 Å². The number of nitrogens with one attached hydrogen (secondary N) is 1. The zero-order valence-corrected chi connectivity index (χ0v) is 13.3. The number of aryl methyl sites for hydroxylation is 1. The van der Waals surface area contributed by atoms with Crippen molar-refractivity contribution < 1.29 is 4.74 Å². The summed E-state index contributed by atoms with van der Waals surface area (Å²) >= 11 is 1.77. The van der Waals surface area contributed by atoms with Gasteiger partial charge in [-0.1, -0.05) is 31.2 Å². The van der Waals surface area contributed by atoms with E-state index in [0.29, 0.717) is 6.04 Å². The predicted octanol–water partition coefficient (Wildman–Crippen LogP) is 4.35. The Kier molecular flexibility index (Phi) is 5.62. The highest BCUT2D eigenvalue weighted by atomic mass is 32.1. The summed E-state index contributed by atoms with van der Waals surface area (Å²) in [4.78, 5) is 1.30. The molecule has 1 aromatic carbocycles. The van der Waals surface area contributed by atoms with Crippen molar-refractivity contribution in [2.24, 2.45) is 0 Å². The van der Waals surface area contributed by atoms with Crippen LogP contribution in [0.2, 0.25) is 0 Å². The first-order valence-corrected chi connectivity index (χ1v) is 8.03. The average molecular weight is 289 g/mol. The maximum atomic E-state index is 5.48. The Labute approximate surface area is 125 Å². The van der Waals surface area contributed by atoms with Gasteiger partial charge in [-0.15, -0.1) is 11.3 Å². The van der Waals surface area contributed by atoms with E-state index in [9.17, 15) is 0 Å². The Hall–Kier alpha value is -1.32. The Balaban J connectivity index is 2.22. The summed E-state index contributed by atoms with van der Waals surface area (Å²) in [5.41, 5.74) is 2.75. The molecule has 0 aliphatic heterocycles. The Bertz CT molecular complexity index is 535. The molecule has 2 aromatic rings. The predicted molar refractivity (Wildman–Crippen MR) is 86.8 cm³/mol. The minimum atomic E-state index is 0.325. The number of rotatable bonds is 7. The molecule has 0 fully saturated rings. The van der Waals surface area contributed by atoms with E-state index in [0.717, 1.165) is 25.1 Å². The van der Waals surface area contributed by atoms with Crippen LogP contribution in [0.5, 0.6) is 5.75 Å². The molecule has 1 heterocycles. The molecule has 1 atom stereocenters. The molecule has 0 aliphatic rings. The summed E-state index contributed by atoms with van der Waals surface area (Å²) in [6, 6.07) is 11.0. The molecule has 0 aliphatic carbocycles. The fourth-order valence-electron chi connectivity index (χ4n) is 2.37. The summed E-state index contributed by atoms with van der Waals surface area (Å²) in [5.74, 6) is 0.997. The van der Waals surface area contributed by atoms with Crippen LogP contribution in [0.3, 0.4) is 0 Å². The molecular formula is C17H23NOS. The van der Waals surface area contributed by atoms with Crippen molar-refractivity contribution in [3.63, 3.8) is 0 Å². The molecule has 1 aromatic heterocycles. The maximum absolute atomic E-state index is 5.48. The summed E-state index contributed by atoms with van der Waals surface area (Å²) < 4.78 is 5.48. The highest BCUT2D eigenvalue weighted by Crippen LogP contribution is 2.33. The van der Waals surface area contributed by atoms with Crippen LogP contribution in [0.25, 0.3) is 0 Å². The van der Waals surface area contributed by atoms with Gasteiger partial charge >= 0.3 is 0 Å². The lowest BCUT2D eigenvalue weighted by molar-refractivity contribution is 0.402. The smallest absolute Gasteiger partial charge is 0.134 e. The van der Waals surface area contributed by atoms with Crippen molar-refractivity contribution in [3.05, 3.63) is 51.7 Å². The minimum absolute atomic E-state index is 0.325. The van der Waals surface area contributed by atoms with Crippen LogP contribution in [-0.4, -0.2) is 13.7 Å². The standard InChI is InChI=1S/C17H23NOS/c1-4-10-18-15(17-16(19-3)9-11-20-17)12-14-8-6-5-7-13(14)2/h5-9,11,15,18H,4,10,12H2,1-3H3. The number of ether oxygens (including phenoxy) is 1. The highest BCUT2D eigenvalue weighted by molar-refractivity contribution is 7.10. The van der Waals surface area contributed by atoms with Gasteiger partial charge in [0.25, 0.3) is 0 Å². The second-order valence-corrected chi connectivity index (χ2v) is 5.94. The maximum Gasteiger partial charge on any atom is 0.134 e. The summed E-state index contributed by atoms with van der Waals surface area (Å²) in [7, 11) is 1.75. The zero-order valence-electron chi connectivity index (χ0n) is 12.5. The molecule has 2 rings (SSSR count). The molecule has 0 bridgehead atoms. The quantitative estimate of drug-likeness (QED) is 0.818. The number of methoxy groups -OCH3 is 1. The van der Waals surface area contributed by atoms with Crippen molar-refractivity contribution in [1.82, 2.24) is 5.32 Å². The van der Waals surface area contributed by atoms with E-state index in [1.54, 1.807) is 18.4 Å². The van der Waals surface area contributed by atoms with Crippen LogP contribution in [0.4, 0.5) is 0 Å². The number of hydrogen-bond donors (Lipinski definition) is 1. The molecule has 1 unspecified atom stereocenters. The molecule has 0 saturated heterocycles. The van der Waals surface area contributed by atoms with Gasteiger partial charge in [-0.3, -0.25) is 0 Å². The minimum Gasteiger partial charge on any atom is -0.496 e. The first kappa shape index (κ1) is 15.1. The van der Waals surface area contributed by atoms with Crippen LogP contribution in [0, 0.1) is 6.92 Å². The van der Waals surface area contributed by atoms with Gasteiger partial charge in [-0.05, 0) is 48.9 Å².